The molecule has 0 saturated carbocycles. The SMILES string of the molecule is CNCC(CCSC(F)(F)F)Cc1ccccc1F. The number of alkyl halides is 3. The van der Waals surface area contributed by atoms with Gasteiger partial charge in [-0.3, -0.25) is 0 Å². The second-order valence-corrected chi connectivity index (χ2v) is 5.46. The Labute approximate surface area is 114 Å². The summed E-state index contributed by atoms with van der Waals surface area (Å²) in [5.74, 6) is -0.298. The van der Waals surface area contributed by atoms with Crippen LogP contribution in [0.5, 0.6) is 0 Å². The van der Waals surface area contributed by atoms with Gasteiger partial charge in [0.05, 0.1) is 0 Å². The minimum atomic E-state index is -4.19. The molecule has 19 heavy (non-hydrogen) atoms. The Morgan fingerprint density at radius 2 is 1.95 bits per heavy atom. The van der Waals surface area contributed by atoms with Crippen molar-refractivity contribution < 1.29 is 17.6 Å². The largest absolute Gasteiger partial charge is 0.441 e. The molecule has 0 aromatic heterocycles. The molecule has 0 heterocycles. The fraction of sp³-hybridized carbons (Fsp3) is 0.538. The highest BCUT2D eigenvalue weighted by atomic mass is 32.2. The molecule has 108 valence electrons. The van der Waals surface area contributed by atoms with E-state index in [1.165, 1.54) is 6.07 Å². The monoisotopic (exact) mass is 295 g/mol. The molecule has 0 saturated heterocycles. The van der Waals surface area contributed by atoms with E-state index in [0.717, 1.165) is 0 Å². The van der Waals surface area contributed by atoms with E-state index in [-0.39, 0.29) is 29.2 Å². The van der Waals surface area contributed by atoms with Gasteiger partial charge in [-0.25, -0.2) is 4.39 Å². The highest BCUT2D eigenvalue weighted by Crippen LogP contribution is 2.31. The maximum atomic E-state index is 13.5. The molecule has 1 atom stereocenters. The molecule has 1 aromatic rings. The first-order valence-corrected chi connectivity index (χ1v) is 6.99. The zero-order chi connectivity index (χ0) is 14.3. The maximum Gasteiger partial charge on any atom is 0.441 e. The smallest absolute Gasteiger partial charge is 0.319 e. The molecule has 0 aliphatic heterocycles. The summed E-state index contributed by atoms with van der Waals surface area (Å²) in [6, 6.07) is 6.38. The summed E-state index contributed by atoms with van der Waals surface area (Å²) in [7, 11) is 1.74. The molecule has 1 N–H and O–H groups in total. The third-order valence-electron chi connectivity index (χ3n) is 2.75. The van der Waals surface area contributed by atoms with Crippen LogP contribution in [-0.4, -0.2) is 24.9 Å². The molecule has 6 heteroatoms. The van der Waals surface area contributed by atoms with Crippen LogP contribution in [0.4, 0.5) is 17.6 Å². The number of nitrogens with one attached hydrogen (secondary N) is 1. The zero-order valence-corrected chi connectivity index (χ0v) is 11.5. The third-order valence-corrected chi connectivity index (χ3v) is 3.52. The molecule has 0 amide bonds. The van der Waals surface area contributed by atoms with Crippen LogP contribution in [0.25, 0.3) is 0 Å². The Morgan fingerprint density at radius 1 is 1.26 bits per heavy atom. The molecule has 0 bridgehead atoms. The van der Waals surface area contributed by atoms with E-state index in [9.17, 15) is 17.6 Å². The zero-order valence-electron chi connectivity index (χ0n) is 10.6. The van der Waals surface area contributed by atoms with Crippen molar-refractivity contribution in [2.75, 3.05) is 19.3 Å². The van der Waals surface area contributed by atoms with Gasteiger partial charge in [-0.2, -0.15) is 13.2 Å². The van der Waals surface area contributed by atoms with Crippen molar-refractivity contribution in [1.29, 1.82) is 0 Å². The molecule has 1 unspecified atom stereocenters. The number of hydrogen-bond donors (Lipinski definition) is 1. The van der Waals surface area contributed by atoms with Gasteiger partial charge in [0.2, 0.25) is 0 Å². The summed E-state index contributed by atoms with van der Waals surface area (Å²) in [5.41, 5.74) is -3.64. The van der Waals surface area contributed by atoms with Gasteiger partial charge in [0, 0.05) is 5.75 Å². The second-order valence-electron chi connectivity index (χ2n) is 4.30. The van der Waals surface area contributed by atoms with Gasteiger partial charge in [-0.1, -0.05) is 30.0 Å². The van der Waals surface area contributed by atoms with E-state index in [4.69, 9.17) is 0 Å². The van der Waals surface area contributed by atoms with Crippen LogP contribution in [0.3, 0.4) is 0 Å². The topological polar surface area (TPSA) is 12.0 Å². The molecule has 0 aliphatic carbocycles. The standard InChI is InChI=1S/C13H17F4NS/c1-18-9-10(6-7-19-13(15,16)17)8-11-4-2-3-5-12(11)14/h2-5,10,18H,6-9H2,1H3. The number of thioether (sulfide) groups is 1. The van der Waals surface area contributed by atoms with E-state index in [2.05, 4.69) is 5.32 Å². The molecular formula is C13H17F4NS. The highest BCUT2D eigenvalue weighted by Gasteiger charge is 2.28. The van der Waals surface area contributed by atoms with Gasteiger partial charge >= 0.3 is 5.51 Å². The van der Waals surface area contributed by atoms with Crippen LogP contribution in [0, 0.1) is 11.7 Å². The van der Waals surface area contributed by atoms with Crippen molar-refractivity contribution in [3.05, 3.63) is 35.6 Å². The number of halogens is 4. The molecule has 1 nitrogen and oxygen atoms in total. The van der Waals surface area contributed by atoms with E-state index < -0.39 is 5.51 Å². The predicted molar refractivity (Wildman–Crippen MR) is 70.7 cm³/mol. The Balaban J connectivity index is 2.51. The van der Waals surface area contributed by atoms with Gasteiger partial charge < -0.3 is 5.32 Å². The molecule has 0 fully saturated rings. The van der Waals surface area contributed by atoms with E-state index in [1.807, 2.05) is 0 Å². The van der Waals surface area contributed by atoms with Crippen molar-refractivity contribution in [2.24, 2.45) is 5.92 Å². The van der Waals surface area contributed by atoms with Gasteiger partial charge in [0.25, 0.3) is 0 Å². The second kappa shape index (κ2) is 7.75. The summed E-state index contributed by atoms with van der Waals surface area (Å²) in [4.78, 5) is 0. The van der Waals surface area contributed by atoms with E-state index in [0.29, 0.717) is 24.9 Å². The molecule has 0 radical (unpaired) electrons. The summed E-state index contributed by atoms with van der Waals surface area (Å²) in [6.45, 7) is 0.576. The van der Waals surface area contributed by atoms with Crippen LogP contribution < -0.4 is 5.32 Å². The Kier molecular flexibility index (Phi) is 6.65. The lowest BCUT2D eigenvalue weighted by molar-refractivity contribution is -0.0328. The van der Waals surface area contributed by atoms with Crippen LogP contribution >= 0.6 is 11.8 Å². The first kappa shape index (κ1) is 16.3. The summed E-state index contributed by atoms with van der Waals surface area (Å²) >= 11 is -0.0190. The summed E-state index contributed by atoms with van der Waals surface area (Å²) < 4.78 is 49.7. The number of hydrogen-bond acceptors (Lipinski definition) is 2. The van der Waals surface area contributed by atoms with Gasteiger partial charge in [-0.05, 0) is 44.0 Å². The minimum absolute atomic E-state index is 0.00301. The fourth-order valence-electron chi connectivity index (χ4n) is 1.88. The maximum absolute atomic E-state index is 13.5. The van der Waals surface area contributed by atoms with Crippen molar-refractivity contribution in [3.8, 4) is 0 Å². The number of benzene rings is 1. The molecular weight excluding hydrogens is 278 g/mol. The Bertz CT molecular complexity index is 381. The Hall–Kier alpha value is -0.750. The molecule has 0 spiro atoms. The van der Waals surface area contributed by atoms with Gasteiger partial charge in [0.15, 0.2) is 0 Å². The first-order valence-electron chi connectivity index (χ1n) is 6.01. The molecule has 1 rings (SSSR count). The fourth-order valence-corrected chi connectivity index (χ4v) is 2.56. The van der Waals surface area contributed by atoms with E-state index in [1.54, 1.807) is 25.2 Å². The van der Waals surface area contributed by atoms with Crippen molar-refractivity contribution >= 4 is 11.8 Å². The Morgan fingerprint density at radius 3 is 2.53 bits per heavy atom. The van der Waals surface area contributed by atoms with E-state index >= 15 is 0 Å². The average molecular weight is 295 g/mol. The predicted octanol–water partition coefficient (Wildman–Crippen LogP) is 3.85. The molecule has 0 aliphatic rings. The summed E-state index contributed by atoms with van der Waals surface area (Å²) in [6.07, 6.45) is 0.852. The number of rotatable bonds is 7. The minimum Gasteiger partial charge on any atom is -0.319 e. The third kappa shape index (κ3) is 6.82. The van der Waals surface area contributed by atoms with Crippen LogP contribution in [-0.2, 0) is 6.42 Å². The van der Waals surface area contributed by atoms with Crippen molar-refractivity contribution in [1.82, 2.24) is 5.32 Å². The quantitative estimate of drug-likeness (QED) is 0.767. The highest BCUT2D eigenvalue weighted by molar-refractivity contribution is 8.00. The van der Waals surface area contributed by atoms with Gasteiger partial charge in [0.1, 0.15) is 5.82 Å². The lowest BCUT2D eigenvalue weighted by atomic mass is 9.96. The lowest BCUT2D eigenvalue weighted by Crippen LogP contribution is -2.22. The van der Waals surface area contributed by atoms with Crippen LogP contribution in [0.1, 0.15) is 12.0 Å². The van der Waals surface area contributed by atoms with Crippen molar-refractivity contribution in [3.63, 3.8) is 0 Å². The normalized spacial score (nSPS) is 13.5. The molecule has 1 aromatic carbocycles. The van der Waals surface area contributed by atoms with Crippen molar-refractivity contribution in [2.45, 2.75) is 18.3 Å². The van der Waals surface area contributed by atoms with Gasteiger partial charge in [-0.15, -0.1) is 0 Å². The lowest BCUT2D eigenvalue weighted by Gasteiger charge is -2.17. The van der Waals surface area contributed by atoms with Crippen LogP contribution in [0.2, 0.25) is 0 Å². The van der Waals surface area contributed by atoms with Crippen LogP contribution in [0.15, 0.2) is 24.3 Å². The first-order chi connectivity index (χ1) is 8.92. The summed E-state index contributed by atoms with van der Waals surface area (Å²) in [5, 5.41) is 2.94. The average Bonchev–Trinajstić information content (AvgIpc) is 2.30.